The van der Waals surface area contributed by atoms with Crippen LogP contribution in [-0.4, -0.2) is 52.7 Å². The minimum atomic E-state index is -0.843. The van der Waals surface area contributed by atoms with E-state index in [1.807, 2.05) is 30.3 Å². The van der Waals surface area contributed by atoms with Gasteiger partial charge in [-0.1, -0.05) is 30.3 Å². The van der Waals surface area contributed by atoms with Crippen molar-refractivity contribution < 1.29 is 18.8 Å². The summed E-state index contributed by atoms with van der Waals surface area (Å²) in [6.07, 6.45) is 2.87. The number of likely N-dealkylation sites (tertiary alicyclic amines) is 1. The number of hydrogen-bond acceptors (Lipinski definition) is 5. The molecule has 7 nitrogen and oxygen atoms in total. The van der Waals surface area contributed by atoms with Gasteiger partial charge in [-0.3, -0.25) is 19.3 Å². The lowest BCUT2D eigenvalue weighted by Crippen LogP contribution is -2.54. The predicted octanol–water partition coefficient (Wildman–Crippen LogP) is 4.32. The number of carbonyl (C=O) groups excluding carboxylic acids is 3. The summed E-state index contributed by atoms with van der Waals surface area (Å²) >= 11 is 2.18. The maximum atomic E-state index is 13.5. The number of benzene rings is 2. The van der Waals surface area contributed by atoms with Gasteiger partial charge in [0, 0.05) is 29.2 Å². The van der Waals surface area contributed by atoms with E-state index in [0.717, 1.165) is 36.0 Å². The van der Waals surface area contributed by atoms with Gasteiger partial charge in [0.2, 0.25) is 5.91 Å². The van der Waals surface area contributed by atoms with Crippen LogP contribution in [0, 0.1) is 3.57 Å². The van der Waals surface area contributed by atoms with Crippen molar-refractivity contribution >= 4 is 46.0 Å². The lowest BCUT2D eigenvalue weighted by Gasteiger charge is -2.40. The third-order valence-corrected chi connectivity index (χ3v) is 7.43. The summed E-state index contributed by atoms with van der Waals surface area (Å²) in [6.45, 7) is 2.45. The second-order valence-corrected chi connectivity index (χ2v) is 10.2. The topological polar surface area (TPSA) is 74.1 Å². The summed E-state index contributed by atoms with van der Waals surface area (Å²) in [5.74, 6) is -0.806. The van der Waals surface area contributed by atoms with Crippen molar-refractivity contribution in [1.29, 1.82) is 0 Å². The zero-order valence-corrected chi connectivity index (χ0v) is 21.3. The number of imide groups is 1. The molecule has 0 N–H and O–H groups in total. The molecule has 0 spiro atoms. The van der Waals surface area contributed by atoms with Crippen LogP contribution in [0.5, 0.6) is 0 Å². The first kappa shape index (κ1) is 23.7. The lowest BCUT2D eigenvalue weighted by molar-refractivity contribution is -0.123. The number of anilines is 1. The summed E-state index contributed by atoms with van der Waals surface area (Å²) in [7, 11) is 0. The fourth-order valence-electron chi connectivity index (χ4n) is 4.98. The van der Waals surface area contributed by atoms with Crippen molar-refractivity contribution in [1.82, 2.24) is 9.80 Å². The normalized spacial score (nSPS) is 19.3. The summed E-state index contributed by atoms with van der Waals surface area (Å²) in [6, 6.07) is 19.8. The van der Waals surface area contributed by atoms with Crippen LogP contribution in [0.25, 0.3) is 0 Å². The van der Waals surface area contributed by atoms with Gasteiger partial charge in [-0.15, -0.1) is 0 Å². The zero-order valence-electron chi connectivity index (χ0n) is 19.2. The molecule has 2 saturated heterocycles. The molecule has 2 aliphatic heterocycles. The van der Waals surface area contributed by atoms with Crippen LogP contribution in [-0.2, 0) is 16.1 Å². The van der Waals surface area contributed by atoms with Gasteiger partial charge < -0.3 is 9.32 Å². The second-order valence-electron chi connectivity index (χ2n) is 8.95. The van der Waals surface area contributed by atoms with E-state index in [2.05, 4.69) is 39.6 Å². The molecule has 0 bridgehead atoms. The molecule has 1 atom stereocenters. The Morgan fingerprint density at radius 1 is 0.971 bits per heavy atom. The molecular formula is C27H26IN3O4. The average molecular weight is 583 g/mol. The first-order valence-corrected chi connectivity index (χ1v) is 12.8. The fraction of sp³-hybridized carbons (Fsp3) is 0.296. The van der Waals surface area contributed by atoms with E-state index >= 15 is 0 Å². The van der Waals surface area contributed by atoms with Crippen molar-refractivity contribution in [3.63, 3.8) is 0 Å². The monoisotopic (exact) mass is 583 g/mol. The standard InChI is InChI=1S/C27H26IN3O4/c28-20-8-10-21(11-9-20)31-25(32)17-23(26(31)33)30(27(34)24-7-4-16-35-24)22-12-14-29(15-13-22)18-19-5-2-1-3-6-19/h1-11,16,22-23H,12-15,17-18H2. The van der Waals surface area contributed by atoms with Crippen molar-refractivity contribution in [3.05, 3.63) is 87.9 Å². The van der Waals surface area contributed by atoms with E-state index in [9.17, 15) is 14.4 Å². The Hall–Kier alpha value is -2.98. The average Bonchev–Trinajstić information content (AvgIpc) is 3.50. The number of nitrogens with zero attached hydrogens (tertiary/aromatic N) is 3. The van der Waals surface area contributed by atoms with Crippen molar-refractivity contribution in [3.8, 4) is 0 Å². The van der Waals surface area contributed by atoms with Gasteiger partial charge in [-0.25, -0.2) is 4.90 Å². The van der Waals surface area contributed by atoms with E-state index in [1.165, 1.54) is 16.7 Å². The highest BCUT2D eigenvalue weighted by atomic mass is 127. The molecule has 2 aliphatic rings. The van der Waals surface area contributed by atoms with E-state index in [-0.39, 0.29) is 35.9 Å². The summed E-state index contributed by atoms with van der Waals surface area (Å²) < 4.78 is 6.41. The third-order valence-electron chi connectivity index (χ3n) is 6.71. The Labute approximate surface area is 217 Å². The summed E-state index contributed by atoms with van der Waals surface area (Å²) in [5, 5.41) is 0. The van der Waals surface area contributed by atoms with E-state index in [0.29, 0.717) is 5.69 Å². The van der Waals surface area contributed by atoms with Crippen LogP contribution in [0.4, 0.5) is 5.69 Å². The van der Waals surface area contributed by atoms with Crippen LogP contribution in [0.3, 0.4) is 0 Å². The summed E-state index contributed by atoms with van der Waals surface area (Å²) in [5.41, 5.74) is 1.78. The minimum absolute atomic E-state index is 0.0263. The van der Waals surface area contributed by atoms with Gasteiger partial charge in [-0.2, -0.15) is 0 Å². The first-order chi connectivity index (χ1) is 17.0. The number of rotatable bonds is 6. The highest BCUT2D eigenvalue weighted by molar-refractivity contribution is 14.1. The summed E-state index contributed by atoms with van der Waals surface area (Å²) in [4.78, 5) is 45.2. The maximum absolute atomic E-state index is 13.5. The largest absolute Gasteiger partial charge is 0.459 e. The smallest absolute Gasteiger partial charge is 0.290 e. The van der Waals surface area contributed by atoms with Gasteiger partial charge in [-0.05, 0) is 77.4 Å². The third kappa shape index (κ3) is 5.04. The van der Waals surface area contributed by atoms with E-state index in [1.54, 1.807) is 29.2 Å². The fourth-order valence-corrected chi connectivity index (χ4v) is 5.34. The van der Waals surface area contributed by atoms with Gasteiger partial charge in [0.05, 0.1) is 18.4 Å². The molecule has 0 saturated carbocycles. The predicted molar refractivity (Wildman–Crippen MR) is 140 cm³/mol. The van der Waals surface area contributed by atoms with E-state index < -0.39 is 6.04 Å². The Morgan fingerprint density at radius 2 is 1.69 bits per heavy atom. The Kier molecular flexibility index (Phi) is 7.01. The number of furan rings is 1. The van der Waals surface area contributed by atoms with Crippen molar-refractivity contribution in [2.75, 3.05) is 18.0 Å². The molecule has 3 amide bonds. The molecule has 8 heteroatoms. The molecular weight excluding hydrogens is 557 g/mol. The first-order valence-electron chi connectivity index (χ1n) is 11.8. The molecule has 2 aromatic carbocycles. The molecule has 3 heterocycles. The van der Waals surface area contributed by atoms with Crippen molar-refractivity contribution in [2.45, 2.75) is 37.9 Å². The van der Waals surface area contributed by atoms with E-state index in [4.69, 9.17) is 4.42 Å². The van der Waals surface area contributed by atoms with Crippen LogP contribution >= 0.6 is 22.6 Å². The minimum Gasteiger partial charge on any atom is -0.459 e. The number of amides is 3. The number of hydrogen-bond donors (Lipinski definition) is 0. The molecule has 1 unspecified atom stereocenters. The molecule has 1 aromatic heterocycles. The maximum Gasteiger partial charge on any atom is 0.290 e. The van der Waals surface area contributed by atoms with Crippen LogP contribution in [0.2, 0.25) is 0 Å². The van der Waals surface area contributed by atoms with Gasteiger partial charge in [0.15, 0.2) is 5.76 Å². The van der Waals surface area contributed by atoms with Gasteiger partial charge in [0.1, 0.15) is 6.04 Å². The van der Waals surface area contributed by atoms with Crippen LogP contribution in [0.15, 0.2) is 77.4 Å². The SMILES string of the molecule is O=C1CC(N(C(=O)c2ccco2)C2CCN(Cc3ccccc3)CC2)C(=O)N1c1ccc(I)cc1. The molecule has 0 radical (unpaired) electrons. The molecule has 35 heavy (non-hydrogen) atoms. The Balaban J connectivity index is 1.36. The molecule has 180 valence electrons. The molecule has 0 aliphatic carbocycles. The Morgan fingerprint density at radius 3 is 2.34 bits per heavy atom. The number of carbonyl (C=O) groups is 3. The van der Waals surface area contributed by atoms with Crippen LogP contribution < -0.4 is 4.90 Å². The molecule has 2 fully saturated rings. The highest BCUT2D eigenvalue weighted by Gasteiger charge is 2.47. The quantitative estimate of drug-likeness (QED) is 0.319. The molecule has 3 aromatic rings. The van der Waals surface area contributed by atoms with Crippen LogP contribution in [0.1, 0.15) is 35.4 Å². The van der Waals surface area contributed by atoms with Gasteiger partial charge in [0.25, 0.3) is 11.8 Å². The highest BCUT2D eigenvalue weighted by Crippen LogP contribution is 2.31. The Bertz CT molecular complexity index is 1190. The lowest BCUT2D eigenvalue weighted by atomic mass is 9.99. The zero-order chi connectivity index (χ0) is 24.4. The molecule has 5 rings (SSSR count). The second kappa shape index (κ2) is 10.3. The van der Waals surface area contributed by atoms with Crippen molar-refractivity contribution in [2.24, 2.45) is 0 Å². The number of halogens is 1. The number of piperidine rings is 1. The van der Waals surface area contributed by atoms with Gasteiger partial charge >= 0.3 is 0 Å².